The Labute approximate surface area is 54.2 Å². The van der Waals surface area contributed by atoms with Crippen molar-refractivity contribution in [2.75, 3.05) is 6.54 Å². The molecule has 0 aromatic heterocycles. The van der Waals surface area contributed by atoms with Crippen LogP contribution in [0.4, 0.5) is 0 Å². The van der Waals surface area contributed by atoms with Gasteiger partial charge in [-0.1, -0.05) is 0 Å². The van der Waals surface area contributed by atoms with Gasteiger partial charge in [-0.3, -0.25) is 5.01 Å². The number of piperidine rings is 1. The zero-order valence-electron chi connectivity index (χ0n) is 5.22. The van der Waals surface area contributed by atoms with Crippen molar-refractivity contribution in [2.45, 2.75) is 19.3 Å². The van der Waals surface area contributed by atoms with Gasteiger partial charge in [-0.05, 0) is 25.0 Å². The Hall–Kier alpha value is -0.970. The summed E-state index contributed by atoms with van der Waals surface area (Å²) in [5.74, 6) is 2.73. The zero-order chi connectivity index (χ0) is 6.10. The second-order valence-corrected chi connectivity index (χ2v) is 2.36. The Morgan fingerprint density at radius 2 is 2.44 bits per heavy atom. The van der Waals surface area contributed by atoms with Crippen LogP contribution in [0, 0.1) is 0 Å². The summed E-state index contributed by atoms with van der Waals surface area (Å²) < 4.78 is 0. The van der Waals surface area contributed by atoms with Crippen LogP contribution < -0.4 is 0 Å². The van der Waals surface area contributed by atoms with E-state index in [0.717, 1.165) is 13.0 Å². The number of hydrogen-bond acceptors (Lipinski definition) is 2. The van der Waals surface area contributed by atoms with E-state index in [1.807, 2.05) is 5.01 Å². The maximum absolute atomic E-state index is 3.99. The molecule has 2 aliphatic heterocycles. The normalized spacial score (nSPS) is 22.2. The van der Waals surface area contributed by atoms with Gasteiger partial charge in [0.05, 0.1) is 11.6 Å². The molecule has 0 aliphatic carbocycles. The second kappa shape index (κ2) is 1.77. The summed E-state index contributed by atoms with van der Waals surface area (Å²) in [6.45, 7) is 1.06. The van der Waals surface area contributed by atoms with Crippen LogP contribution in [0.2, 0.25) is 0 Å². The minimum Gasteiger partial charge on any atom is -0.252 e. The molecule has 0 spiro atoms. The van der Waals surface area contributed by atoms with E-state index in [1.165, 1.54) is 18.5 Å². The van der Waals surface area contributed by atoms with E-state index in [9.17, 15) is 0 Å². The van der Waals surface area contributed by atoms with E-state index in [4.69, 9.17) is 0 Å². The molecule has 46 valence electrons. The molecule has 9 heavy (non-hydrogen) atoms. The summed E-state index contributed by atoms with van der Waals surface area (Å²) in [7, 11) is 0. The quantitative estimate of drug-likeness (QED) is 0.437. The number of fused-ring (bicyclic) bond motifs is 1. The summed E-state index contributed by atoms with van der Waals surface area (Å²) in [4.78, 5) is 0. The van der Waals surface area contributed by atoms with Crippen LogP contribution in [0.25, 0.3) is 0 Å². The zero-order valence-corrected chi connectivity index (χ0v) is 5.22. The highest BCUT2D eigenvalue weighted by Crippen LogP contribution is 2.20. The van der Waals surface area contributed by atoms with Gasteiger partial charge in [0, 0.05) is 6.54 Å². The second-order valence-electron chi connectivity index (χ2n) is 2.36. The summed E-state index contributed by atoms with van der Waals surface area (Å²) in [6, 6.07) is 0. The van der Waals surface area contributed by atoms with Crippen LogP contribution in [0.3, 0.4) is 0 Å². The van der Waals surface area contributed by atoms with Crippen LogP contribution in [-0.2, 0) is 0 Å². The minimum absolute atomic E-state index is 1.06. The standard InChI is InChI=1S/C7H8N2/c1-2-6-9-7(3-1)4-5-8-9/h1-3,6H2. The van der Waals surface area contributed by atoms with Gasteiger partial charge in [0.2, 0.25) is 0 Å². The average molecular weight is 120 g/mol. The number of rotatable bonds is 0. The summed E-state index contributed by atoms with van der Waals surface area (Å²) in [6.07, 6.45) is 3.68. The fourth-order valence-electron chi connectivity index (χ4n) is 1.21. The van der Waals surface area contributed by atoms with Crippen molar-refractivity contribution >= 4 is 5.87 Å². The van der Waals surface area contributed by atoms with Crippen molar-refractivity contribution in [1.29, 1.82) is 0 Å². The van der Waals surface area contributed by atoms with Crippen LogP contribution in [0.15, 0.2) is 16.5 Å². The molecule has 1 saturated heterocycles. The van der Waals surface area contributed by atoms with Crippen molar-refractivity contribution in [3.8, 4) is 0 Å². The van der Waals surface area contributed by atoms with E-state index in [2.05, 4.69) is 16.7 Å². The first-order valence-corrected chi connectivity index (χ1v) is 3.32. The van der Waals surface area contributed by atoms with Crippen LogP contribution in [-0.4, -0.2) is 17.4 Å². The number of allylic oxidation sites excluding steroid dienone is 1. The lowest BCUT2D eigenvalue weighted by Crippen LogP contribution is -2.19. The lowest BCUT2D eigenvalue weighted by atomic mass is 10.1. The van der Waals surface area contributed by atoms with Gasteiger partial charge in [-0.2, -0.15) is 0 Å². The predicted octanol–water partition coefficient (Wildman–Crippen LogP) is 1.11. The third-order valence-corrected chi connectivity index (χ3v) is 1.72. The SMILES string of the molecule is C1=C=C2CCCCN2N=1. The molecule has 0 N–H and O–H groups in total. The molecule has 0 aromatic carbocycles. The Bertz CT molecular complexity index is 217. The molecule has 1 fully saturated rings. The third kappa shape index (κ3) is 0.692. The van der Waals surface area contributed by atoms with E-state index >= 15 is 0 Å². The lowest BCUT2D eigenvalue weighted by Gasteiger charge is -2.21. The van der Waals surface area contributed by atoms with Crippen molar-refractivity contribution in [3.63, 3.8) is 0 Å². The van der Waals surface area contributed by atoms with Gasteiger partial charge in [0.25, 0.3) is 0 Å². The van der Waals surface area contributed by atoms with E-state index in [0.29, 0.717) is 0 Å². The van der Waals surface area contributed by atoms with Crippen molar-refractivity contribution < 1.29 is 0 Å². The minimum atomic E-state index is 1.06. The van der Waals surface area contributed by atoms with E-state index in [1.54, 1.807) is 0 Å². The van der Waals surface area contributed by atoms with Crippen LogP contribution >= 0.6 is 0 Å². The van der Waals surface area contributed by atoms with Crippen molar-refractivity contribution in [1.82, 2.24) is 5.01 Å². The van der Waals surface area contributed by atoms with E-state index < -0.39 is 0 Å². The first-order valence-electron chi connectivity index (χ1n) is 3.32. The van der Waals surface area contributed by atoms with Crippen molar-refractivity contribution in [2.24, 2.45) is 5.10 Å². The van der Waals surface area contributed by atoms with Gasteiger partial charge < -0.3 is 0 Å². The third-order valence-electron chi connectivity index (χ3n) is 1.72. The fraction of sp³-hybridized carbons (Fsp3) is 0.571. The number of hydrazone groups is 1. The summed E-state index contributed by atoms with van der Waals surface area (Å²) in [5, 5.41) is 5.98. The van der Waals surface area contributed by atoms with Crippen LogP contribution in [0.1, 0.15) is 19.3 Å². The largest absolute Gasteiger partial charge is 0.252 e. The first kappa shape index (κ1) is 4.87. The number of nitrogens with zero attached hydrogens (tertiary/aromatic N) is 2. The summed E-state index contributed by atoms with van der Waals surface area (Å²) in [5.41, 5.74) is 4.21. The first-order chi connectivity index (χ1) is 4.47. The fourth-order valence-corrected chi connectivity index (χ4v) is 1.21. The van der Waals surface area contributed by atoms with Crippen molar-refractivity contribution in [3.05, 3.63) is 11.4 Å². The Kier molecular flexibility index (Phi) is 0.955. The molecule has 0 saturated carbocycles. The molecule has 2 heteroatoms. The molecule has 2 aliphatic rings. The maximum atomic E-state index is 3.99. The molecule has 2 rings (SSSR count). The van der Waals surface area contributed by atoms with Gasteiger partial charge in [-0.15, -0.1) is 5.10 Å². The molecule has 0 bridgehead atoms. The molecule has 0 atom stereocenters. The highest BCUT2D eigenvalue weighted by molar-refractivity contribution is 5.54. The molecule has 0 unspecified atom stereocenters. The predicted molar refractivity (Wildman–Crippen MR) is 35.0 cm³/mol. The molecular formula is C7H8N2. The highest BCUT2D eigenvalue weighted by atomic mass is 15.5. The lowest BCUT2D eigenvalue weighted by molar-refractivity contribution is 0.312. The molecule has 0 amide bonds. The van der Waals surface area contributed by atoms with Crippen LogP contribution in [0.5, 0.6) is 0 Å². The monoisotopic (exact) mass is 120 g/mol. The Balaban J connectivity index is 2.29. The number of hydrogen-bond donors (Lipinski definition) is 0. The maximum Gasteiger partial charge on any atom is 0.0890 e. The van der Waals surface area contributed by atoms with Gasteiger partial charge >= 0.3 is 0 Å². The average Bonchev–Trinajstić information content (AvgIpc) is 2.33. The molecule has 0 radical (unpaired) electrons. The van der Waals surface area contributed by atoms with Gasteiger partial charge in [-0.25, -0.2) is 0 Å². The van der Waals surface area contributed by atoms with Gasteiger partial charge in [0.15, 0.2) is 0 Å². The Morgan fingerprint density at radius 1 is 1.44 bits per heavy atom. The van der Waals surface area contributed by atoms with Gasteiger partial charge in [0.1, 0.15) is 0 Å². The van der Waals surface area contributed by atoms with E-state index in [-0.39, 0.29) is 0 Å². The highest BCUT2D eigenvalue weighted by Gasteiger charge is 2.14. The molecule has 2 heterocycles. The topological polar surface area (TPSA) is 15.6 Å². The smallest absolute Gasteiger partial charge is 0.0890 e. The summed E-state index contributed by atoms with van der Waals surface area (Å²) >= 11 is 0. The molecular weight excluding hydrogens is 112 g/mol. The molecule has 2 nitrogen and oxygen atoms in total. The molecule has 0 aromatic rings. The Morgan fingerprint density at radius 3 is 3.33 bits per heavy atom.